The van der Waals surface area contributed by atoms with Gasteiger partial charge in [0.1, 0.15) is 5.75 Å². The maximum absolute atomic E-state index is 10.7. The van der Waals surface area contributed by atoms with Crippen LogP contribution < -0.4 is 15.4 Å². The molecule has 5 heteroatoms. The van der Waals surface area contributed by atoms with Gasteiger partial charge in [-0.2, -0.15) is 0 Å². The number of hydrogen-bond acceptors (Lipinski definition) is 3. The highest BCUT2D eigenvalue weighted by molar-refractivity contribution is 7.80. The standard InChI is InChI=1S/C10H12N2O2S/c1-7(13)11-10(15)12-8-4-3-5-9(6-8)14-2/h3-6H,1-2H3,(H2,11,12,13,15). The van der Waals surface area contributed by atoms with Crippen LogP contribution in [0, 0.1) is 0 Å². The van der Waals surface area contributed by atoms with Gasteiger partial charge in [0.2, 0.25) is 5.91 Å². The molecule has 0 radical (unpaired) electrons. The van der Waals surface area contributed by atoms with Crippen LogP contribution in [0.2, 0.25) is 0 Å². The van der Waals surface area contributed by atoms with Gasteiger partial charge in [-0.1, -0.05) is 6.07 Å². The van der Waals surface area contributed by atoms with Crippen LogP contribution in [-0.4, -0.2) is 18.1 Å². The van der Waals surface area contributed by atoms with Crippen molar-refractivity contribution in [2.75, 3.05) is 12.4 Å². The van der Waals surface area contributed by atoms with E-state index in [1.807, 2.05) is 18.2 Å². The summed E-state index contributed by atoms with van der Waals surface area (Å²) in [5.74, 6) is 0.529. The lowest BCUT2D eigenvalue weighted by atomic mass is 10.3. The molecule has 0 heterocycles. The minimum atomic E-state index is -0.199. The molecular weight excluding hydrogens is 212 g/mol. The lowest BCUT2D eigenvalue weighted by Crippen LogP contribution is -2.32. The van der Waals surface area contributed by atoms with Crippen LogP contribution >= 0.6 is 12.2 Å². The van der Waals surface area contributed by atoms with Gasteiger partial charge in [-0.05, 0) is 24.4 Å². The van der Waals surface area contributed by atoms with Crippen molar-refractivity contribution < 1.29 is 9.53 Å². The summed E-state index contributed by atoms with van der Waals surface area (Å²) in [4.78, 5) is 10.7. The fraction of sp³-hybridized carbons (Fsp3) is 0.200. The number of thiocarbonyl (C=S) groups is 1. The Balaban J connectivity index is 2.63. The maximum Gasteiger partial charge on any atom is 0.222 e. The van der Waals surface area contributed by atoms with E-state index >= 15 is 0 Å². The number of ether oxygens (including phenoxy) is 1. The molecule has 0 aliphatic rings. The summed E-state index contributed by atoms with van der Waals surface area (Å²) in [6.07, 6.45) is 0. The molecule has 1 amide bonds. The molecule has 0 atom stereocenters. The van der Waals surface area contributed by atoms with Crippen LogP contribution in [0.15, 0.2) is 24.3 Å². The van der Waals surface area contributed by atoms with E-state index in [9.17, 15) is 4.79 Å². The highest BCUT2D eigenvalue weighted by Crippen LogP contribution is 2.16. The van der Waals surface area contributed by atoms with Crippen molar-refractivity contribution in [3.05, 3.63) is 24.3 Å². The van der Waals surface area contributed by atoms with E-state index < -0.39 is 0 Å². The zero-order valence-corrected chi connectivity index (χ0v) is 9.35. The van der Waals surface area contributed by atoms with Crippen molar-refractivity contribution in [2.24, 2.45) is 0 Å². The van der Waals surface area contributed by atoms with Crippen LogP contribution in [0.3, 0.4) is 0 Å². The Morgan fingerprint density at radius 2 is 2.20 bits per heavy atom. The van der Waals surface area contributed by atoms with Crippen molar-refractivity contribution in [3.8, 4) is 5.75 Å². The molecule has 0 saturated heterocycles. The Bertz CT molecular complexity index is 379. The van der Waals surface area contributed by atoms with Gasteiger partial charge >= 0.3 is 0 Å². The number of carbonyl (C=O) groups is 1. The second-order valence-electron chi connectivity index (χ2n) is 2.87. The van der Waals surface area contributed by atoms with Gasteiger partial charge in [-0.3, -0.25) is 4.79 Å². The summed E-state index contributed by atoms with van der Waals surface area (Å²) >= 11 is 4.91. The first-order chi connectivity index (χ1) is 7.11. The molecule has 0 aliphatic heterocycles. The quantitative estimate of drug-likeness (QED) is 0.748. The van der Waals surface area contributed by atoms with E-state index in [1.54, 1.807) is 13.2 Å². The van der Waals surface area contributed by atoms with E-state index in [4.69, 9.17) is 17.0 Å². The van der Waals surface area contributed by atoms with Gasteiger partial charge in [-0.15, -0.1) is 0 Å². The fourth-order valence-corrected chi connectivity index (χ4v) is 1.28. The molecule has 0 bridgehead atoms. The average Bonchev–Trinajstić information content (AvgIpc) is 2.16. The number of anilines is 1. The summed E-state index contributed by atoms with van der Waals surface area (Å²) in [5.41, 5.74) is 0.771. The number of methoxy groups -OCH3 is 1. The minimum Gasteiger partial charge on any atom is -0.497 e. The third kappa shape index (κ3) is 3.95. The maximum atomic E-state index is 10.7. The second kappa shape index (κ2) is 5.31. The molecule has 0 unspecified atom stereocenters. The van der Waals surface area contributed by atoms with Crippen LogP contribution in [0.1, 0.15) is 6.92 Å². The number of hydrogen-bond donors (Lipinski definition) is 2. The predicted octanol–water partition coefficient (Wildman–Crippen LogP) is 1.53. The Kier molecular flexibility index (Phi) is 4.05. The van der Waals surface area contributed by atoms with Crippen molar-refractivity contribution in [1.29, 1.82) is 0 Å². The van der Waals surface area contributed by atoms with Crippen molar-refractivity contribution in [3.63, 3.8) is 0 Å². The molecule has 4 nitrogen and oxygen atoms in total. The second-order valence-corrected chi connectivity index (χ2v) is 3.28. The number of amides is 1. The first-order valence-corrected chi connectivity index (χ1v) is 4.75. The Hall–Kier alpha value is -1.62. The fourth-order valence-electron chi connectivity index (χ4n) is 1.02. The van der Waals surface area contributed by atoms with E-state index in [-0.39, 0.29) is 11.0 Å². The normalized spacial score (nSPS) is 9.20. The molecule has 1 aromatic rings. The highest BCUT2D eigenvalue weighted by Gasteiger charge is 2.00. The predicted molar refractivity (Wildman–Crippen MR) is 63.0 cm³/mol. The first kappa shape index (κ1) is 11.5. The third-order valence-corrected chi connectivity index (χ3v) is 1.82. The van der Waals surface area contributed by atoms with E-state index in [2.05, 4.69) is 10.6 Å². The van der Waals surface area contributed by atoms with Gasteiger partial charge in [0.25, 0.3) is 0 Å². The van der Waals surface area contributed by atoms with Crippen molar-refractivity contribution >= 4 is 28.9 Å². The molecule has 0 aromatic heterocycles. The van der Waals surface area contributed by atoms with E-state index in [0.29, 0.717) is 0 Å². The zero-order chi connectivity index (χ0) is 11.3. The smallest absolute Gasteiger partial charge is 0.222 e. The van der Waals surface area contributed by atoms with Gasteiger partial charge in [0, 0.05) is 18.7 Å². The lowest BCUT2D eigenvalue weighted by molar-refractivity contribution is -0.117. The number of carbonyl (C=O) groups excluding carboxylic acids is 1. The van der Waals surface area contributed by atoms with Gasteiger partial charge in [-0.25, -0.2) is 0 Å². The summed E-state index contributed by atoms with van der Waals surface area (Å²) in [7, 11) is 1.59. The minimum absolute atomic E-state index is 0.199. The monoisotopic (exact) mass is 224 g/mol. The largest absolute Gasteiger partial charge is 0.497 e. The summed E-state index contributed by atoms with van der Waals surface area (Å²) in [6, 6.07) is 7.27. The van der Waals surface area contributed by atoms with Crippen LogP contribution in [0.25, 0.3) is 0 Å². The van der Waals surface area contributed by atoms with Crippen molar-refractivity contribution in [2.45, 2.75) is 6.92 Å². The van der Waals surface area contributed by atoms with Crippen LogP contribution in [0.4, 0.5) is 5.69 Å². The summed E-state index contributed by atoms with van der Waals surface area (Å²) < 4.78 is 5.05. The number of nitrogens with one attached hydrogen (secondary N) is 2. The van der Waals surface area contributed by atoms with E-state index in [0.717, 1.165) is 11.4 Å². The highest BCUT2D eigenvalue weighted by atomic mass is 32.1. The van der Waals surface area contributed by atoms with Gasteiger partial charge < -0.3 is 15.4 Å². The molecule has 15 heavy (non-hydrogen) atoms. The molecule has 0 aliphatic carbocycles. The Labute approximate surface area is 93.6 Å². The molecule has 0 saturated carbocycles. The average molecular weight is 224 g/mol. The molecular formula is C10H12N2O2S. The summed E-state index contributed by atoms with van der Waals surface area (Å²) in [5, 5.41) is 5.61. The van der Waals surface area contributed by atoms with Gasteiger partial charge in [0.15, 0.2) is 5.11 Å². The molecule has 1 aromatic carbocycles. The molecule has 2 N–H and O–H groups in total. The van der Waals surface area contributed by atoms with Crippen molar-refractivity contribution in [1.82, 2.24) is 5.32 Å². The first-order valence-electron chi connectivity index (χ1n) is 4.34. The van der Waals surface area contributed by atoms with E-state index in [1.165, 1.54) is 6.92 Å². The van der Waals surface area contributed by atoms with Crippen LogP contribution in [0.5, 0.6) is 5.75 Å². The molecule has 0 spiro atoms. The summed E-state index contributed by atoms with van der Waals surface area (Å²) in [6.45, 7) is 1.40. The molecule has 0 fully saturated rings. The Morgan fingerprint density at radius 3 is 2.80 bits per heavy atom. The molecule has 80 valence electrons. The topological polar surface area (TPSA) is 50.4 Å². The Morgan fingerprint density at radius 1 is 1.47 bits per heavy atom. The van der Waals surface area contributed by atoms with Crippen LogP contribution in [-0.2, 0) is 4.79 Å². The number of rotatable bonds is 2. The number of benzene rings is 1. The zero-order valence-electron chi connectivity index (χ0n) is 8.53. The molecule has 1 rings (SSSR count). The van der Waals surface area contributed by atoms with Gasteiger partial charge in [0.05, 0.1) is 7.11 Å². The lowest BCUT2D eigenvalue weighted by Gasteiger charge is -2.08. The third-order valence-electron chi connectivity index (χ3n) is 1.62. The SMILES string of the molecule is COc1cccc(NC(=S)NC(C)=O)c1.